The minimum Gasteiger partial charge on any atom is -0.490 e. The van der Waals surface area contributed by atoms with E-state index in [1.54, 1.807) is 12.1 Å². The number of nitrogens with zero attached hydrogens (tertiary/aromatic N) is 3. The summed E-state index contributed by atoms with van der Waals surface area (Å²) in [5.74, 6) is -0.965. The second-order valence-electron chi connectivity index (χ2n) is 10.0. The second kappa shape index (κ2) is 10.7. The quantitative estimate of drug-likeness (QED) is 0.483. The first-order chi connectivity index (χ1) is 18.2. The van der Waals surface area contributed by atoms with Crippen molar-refractivity contribution in [1.82, 2.24) is 14.8 Å². The largest absolute Gasteiger partial charge is 0.490 e. The normalized spacial score (nSPS) is 26.3. The molecule has 0 aliphatic carbocycles. The highest BCUT2D eigenvalue weighted by molar-refractivity contribution is 6.31. The number of anilines is 1. The molecule has 2 bridgehead atoms. The van der Waals surface area contributed by atoms with Crippen LogP contribution in [0.25, 0.3) is 0 Å². The molecule has 3 fully saturated rings. The summed E-state index contributed by atoms with van der Waals surface area (Å²) in [7, 11) is 0. The van der Waals surface area contributed by atoms with Gasteiger partial charge in [-0.15, -0.1) is 0 Å². The van der Waals surface area contributed by atoms with Gasteiger partial charge in [0, 0.05) is 44.1 Å². The van der Waals surface area contributed by atoms with Gasteiger partial charge in [-0.2, -0.15) is 0 Å². The third-order valence-corrected chi connectivity index (χ3v) is 7.66. The van der Waals surface area contributed by atoms with Gasteiger partial charge in [-0.1, -0.05) is 11.6 Å². The number of β-amino-alcohol motifs (C(OH)–C–C–N with tert-alkyl or cyclic N) is 1. The van der Waals surface area contributed by atoms with Crippen molar-refractivity contribution in [3.8, 4) is 5.75 Å². The van der Waals surface area contributed by atoms with Crippen LogP contribution in [-0.4, -0.2) is 81.0 Å². The summed E-state index contributed by atoms with van der Waals surface area (Å²) < 4.78 is 19.2. The monoisotopic (exact) mass is 545 g/mol. The van der Waals surface area contributed by atoms with Crippen LogP contribution in [0.4, 0.5) is 10.2 Å². The van der Waals surface area contributed by atoms with Gasteiger partial charge in [-0.25, -0.2) is 9.37 Å². The first-order valence-corrected chi connectivity index (χ1v) is 13.0. The predicted octanol–water partition coefficient (Wildman–Crippen LogP) is 1.95. The molecule has 5 atom stereocenters. The van der Waals surface area contributed by atoms with Gasteiger partial charge >= 0.3 is 0 Å². The van der Waals surface area contributed by atoms with Gasteiger partial charge < -0.3 is 30.7 Å². The zero-order chi connectivity index (χ0) is 27.0. The number of rotatable bonds is 7. The first kappa shape index (κ1) is 26.2. The number of carbonyl (C=O) groups is 3. The highest BCUT2D eigenvalue weighted by atomic mass is 35.5. The molecule has 4 heterocycles. The Balaban J connectivity index is 1.24. The summed E-state index contributed by atoms with van der Waals surface area (Å²) in [5, 5.41) is 13.2. The Kier molecular flexibility index (Phi) is 7.40. The van der Waals surface area contributed by atoms with Gasteiger partial charge in [0.2, 0.25) is 11.8 Å². The van der Waals surface area contributed by atoms with Gasteiger partial charge in [0.05, 0.1) is 23.2 Å². The number of halogens is 2. The number of carbonyl (C=O) groups excluding carboxylic acids is 3. The molecule has 5 rings (SSSR count). The molecule has 0 spiro atoms. The number of fused-ring (bicyclic) bond motifs is 2. The Morgan fingerprint density at radius 3 is 2.50 bits per heavy atom. The fraction of sp³-hybridized carbons (Fsp3) is 0.462. The molecule has 38 heavy (non-hydrogen) atoms. The molecular weight excluding hydrogens is 517 g/mol. The lowest BCUT2D eigenvalue weighted by molar-refractivity contribution is -0.135. The van der Waals surface area contributed by atoms with Crippen molar-refractivity contribution in [3.63, 3.8) is 0 Å². The lowest BCUT2D eigenvalue weighted by atomic mass is 9.99. The van der Waals surface area contributed by atoms with Gasteiger partial charge in [-0.05, 0) is 43.2 Å². The number of benzene rings is 1. The molecule has 3 aliphatic rings. The molecule has 1 unspecified atom stereocenters. The van der Waals surface area contributed by atoms with Crippen molar-refractivity contribution in [2.24, 2.45) is 5.73 Å². The van der Waals surface area contributed by atoms with Crippen LogP contribution in [0.2, 0.25) is 5.02 Å². The van der Waals surface area contributed by atoms with Crippen LogP contribution in [-0.2, 0) is 9.59 Å². The third-order valence-electron chi connectivity index (χ3n) is 7.45. The van der Waals surface area contributed by atoms with Crippen LogP contribution < -0.4 is 15.8 Å². The van der Waals surface area contributed by atoms with Gasteiger partial charge in [0.25, 0.3) is 5.91 Å². The van der Waals surface area contributed by atoms with E-state index in [0.717, 1.165) is 12.8 Å². The molecule has 0 saturated carbocycles. The first-order valence-electron chi connectivity index (χ1n) is 12.6. The number of piperidine rings is 1. The molecule has 202 valence electrons. The van der Waals surface area contributed by atoms with E-state index in [-0.39, 0.29) is 65.8 Å². The minimum atomic E-state index is -0.944. The molecular formula is C26H29ClFN5O5. The van der Waals surface area contributed by atoms with Crippen LogP contribution >= 0.6 is 11.6 Å². The van der Waals surface area contributed by atoms with E-state index in [2.05, 4.69) is 10.3 Å². The van der Waals surface area contributed by atoms with Crippen molar-refractivity contribution in [1.29, 1.82) is 0 Å². The van der Waals surface area contributed by atoms with Crippen molar-refractivity contribution in [2.45, 2.75) is 62.4 Å². The fourth-order valence-corrected chi connectivity index (χ4v) is 5.95. The molecule has 4 N–H and O–H groups in total. The predicted molar refractivity (Wildman–Crippen MR) is 136 cm³/mol. The van der Waals surface area contributed by atoms with E-state index in [0.29, 0.717) is 18.6 Å². The highest BCUT2D eigenvalue weighted by Crippen LogP contribution is 2.37. The summed E-state index contributed by atoms with van der Waals surface area (Å²) in [4.78, 5) is 45.7. The average Bonchev–Trinajstić information content (AvgIpc) is 3.41. The Morgan fingerprint density at radius 1 is 1.16 bits per heavy atom. The summed E-state index contributed by atoms with van der Waals surface area (Å²) >= 11 is 6.10. The van der Waals surface area contributed by atoms with Crippen LogP contribution in [0.15, 0.2) is 36.5 Å². The Labute approximate surface area is 223 Å². The molecule has 3 amide bonds. The maximum Gasteiger partial charge on any atom is 0.258 e. The zero-order valence-electron chi connectivity index (χ0n) is 20.6. The molecule has 2 aromatic rings. The van der Waals surface area contributed by atoms with E-state index >= 15 is 0 Å². The number of aromatic nitrogens is 1. The van der Waals surface area contributed by atoms with Crippen LogP contribution in [0, 0.1) is 5.82 Å². The number of nitrogens with two attached hydrogens (primary N) is 1. The molecule has 12 heteroatoms. The van der Waals surface area contributed by atoms with E-state index < -0.39 is 24.0 Å². The Bertz CT molecular complexity index is 1220. The number of nitrogens with one attached hydrogen (secondary N) is 1. The smallest absolute Gasteiger partial charge is 0.258 e. The Morgan fingerprint density at radius 2 is 1.84 bits per heavy atom. The van der Waals surface area contributed by atoms with Gasteiger partial charge in [-0.3, -0.25) is 14.4 Å². The number of amides is 3. The van der Waals surface area contributed by atoms with Crippen molar-refractivity contribution < 1.29 is 28.6 Å². The summed E-state index contributed by atoms with van der Waals surface area (Å²) in [6, 6.07) is 6.44. The molecule has 0 radical (unpaired) electrons. The van der Waals surface area contributed by atoms with Crippen LogP contribution in [0.3, 0.4) is 0 Å². The Hall–Kier alpha value is -3.44. The van der Waals surface area contributed by atoms with Gasteiger partial charge in [0.1, 0.15) is 29.5 Å². The summed E-state index contributed by atoms with van der Waals surface area (Å²) in [6.45, 7) is -0.136. The number of primary amides is 1. The SMILES string of the molecule is NC(=O)[C@H]1C[C@@H](O)CN1C(=O)c1cc(Cl)cnc1NCC(=O)N1[C@@H]2CC[C@H]1CC(Oc1ccc(F)cc1)C2. The van der Waals surface area contributed by atoms with E-state index in [1.165, 1.54) is 29.3 Å². The summed E-state index contributed by atoms with van der Waals surface area (Å²) in [6.07, 6.45) is 3.57. The molecule has 3 aliphatic heterocycles. The molecule has 1 aromatic heterocycles. The zero-order valence-corrected chi connectivity index (χ0v) is 21.3. The third kappa shape index (κ3) is 5.39. The number of likely N-dealkylation sites (tertiary alicyclic amines) is 1. The number of hydrogen-bond donors (Lipinski definition) is 3. The topological polar surface area (TPSA) is 138 Å². The average molecular weight is 546 g/mol. The number of ether oxygens (including phenoxy) is 1. The standard InChI is InChI=1S/C26H29ClFN5O5/c27-14-7-21(26(37)32-13-18(34)10-22(32)24(29)36)25(30-11-14)31-12-23(35)33-16-3-4-17(33)9-20(8-16)38-19-5-1-15(28)2-6-19/h1-2,5-7,11,16-18,20,22,34H,3-4,8-10,12-13H2,(H2,29,36)(H,30,31)/t16-,17+,18-,20?,22-/m1/s1. The van der Waals surface area contributed by atoms with Crippen LogP contribution in [0.1, 0.15) is 42.5 Å². The van der Waals surface area contributed by atoms with Crippen molar-refractivity contribution in [3.05, 3.63) is 52.9 Å². The number of hydrogen-bond acceptors (Lipinski definition) is 7. The number of pyridine rings is 1. The highest BCUT2D eigenvalue weighted by Gasteiger charge is 2.44. The van der Waals surface area contributed by atoms with Crippen molar-refractivity contribution >= 4 is 35.1 Å². The lowest BCUT2D eigenvalue weighted by Gasteiger charge is -2.39. The molecule has 3 saturated heterocycles. The minimum absolute atomic E-state index is 0.0233. The second-order valence-corrected chi connectivity index (χ2v) is 10.5. The molecule has 1 aromatic carbocycles. The number of aliphatic hydroxyl groups excluding tert-OH is 1. The fourth-order valence-electron chi connectivity index (χ4n) is 5.79. The van der Waals surface area contributed by atoms with E-state index in [9.17, 15) is 23.9 Å². The summed E-state index contributed by atoms with van der Waals surface area (Å²) in [5.41, 5.74) is 5.51. The number of aliphatic hydroxyl groups is 1. The van der Waals surface area contributed by atoms with E-state index in [4.69, 9.17) is 22.1 Å². The van der Waals surface area contributed by atoms with Crippen molar-refractivity contribution in [2.75, 3.05) is 18.4 Å². The maximum atomic E-state index is 13.3. The lowest BCUT2D eigenvalue weighted by Crippen LogP contribution is -2.51. The van der Waals surface area contributed by atoms with Crippen LogP contribution in [0.5, 0.6) is 5.75 Å². The van der Waals surface area contributed by atoms with E-state index in [1.807, 2.05) is 4.90 Å². The van der Waals surface area contributed by atoms with Gasteiger partial charge in [0.15, 0.2) is 0 Å². The maximum absolute atomic E-state index is 13.3. The molecule has 10 nitrogen and oxygen atoms in total.